The lowest BCUT2D eigenvalue weighted by atomic mass is 10.2. The molecule has 3 amide bonds. The van der Waals surface area contributed by atoms with Gasteiger partial charge in [-0.1, -0.05) is 18.2 Å². The summed E-state index contributed by atoms with van der Waals surface area (Å²) in [6.07, 6.45) is 2.97. The Morgan fingerprint density at radius 1 is 1.12 bits per heavy atom. The molecule has 1 saturated heterocycles. The minimum Gasteiger partial charge on any atom is -0.350 e. The van der Waals surface area contributed by atoms with Crippen LogP contribution in [0.15, 0.2) is 58.3 Å². The van der Waals surface area contributed by atoms with Crippen LogP contribution in [0.5, 0.6) is 0 Å². The number of carbonyl (C=O) groups is 3. The van der Waals surface area contributed by atoms with E-state index in [2.05, 4.69) is 10.0 Å². The second kappa shape index (κ2) is 9.46. The lowest BCUT2D eigenvalue weighted by molar-refractivity contribution is -0.122. The topological polar surface area (TPSA) is 113 Å². The Labute approximate surface area is 194 Å². The predicted octanol–water partition coefficient (Wildman–Crippen LogP) is 2.73. The molecule has 1 saturated carbocycles. The second-order valence-electron chi connectivity index (χ2n) is 7.53. The van der Waals surface area contributed by atoms with Crippen molar-refractivity contribution in [2.75, 3.05) is 13.1 Å². The second-order valence-corrected chi connectivity index (χ2v) is 10.2. The van der Waals surface area contributed by atoms with Gasteiger partial charge in [0.15, 0.2) is 0 Å². The van der Waals surface area contributed by atoms with Crippen molar-refractivity contribution in [2.24, 2.45) is 0 Å². The van der Waals surface area contributed by atoms with E-state index in [9.17, 15) is 27.2 Å². The molecule has 33 heavy (non-hydrogen) atoms. The van der Waals surface area contributed by atoms with Gasteiger partial charge in [-0.3, -0.25) is 19.3 Å². The van der Waals surface area contributed by atoms with Crippen molar-refractivity contribution in [1.82, 2.24) is 14.9 Å². The summed E-state index contributed by atoms with van der Waals surface area (Å²) in [5.41, 5.74) is 0.447. The number of carbonyl (C=O) groups excluding carboxylic acids is 3. The summed E-state index contributed by atoms with van der Waals surface area (Å²) in [5.74, 6) is -1.53. The molecule has 0 bridgehead atoms. The number of benzene rings is 2. The molecule has 1 heterocycles. The van der Waals surface area contributed by atoms with Crippen molar-refractivity contribution < 1.29 is 27.2 Å². The Kier molecular flexibility index (Phi) is 6.63. The van der Waals surface area contributed by atoms with Crippen LogP contribution >= 0.6 is 11.8 Å². The highest BCUT2D eigenvalue weighted by atomic mass is 32.2. The Bertz CT molecular complexity index is 1240. The highest BCUT2D eigenvalue weighted by Crippen LogP contribution is 2.32. The average molecular weight is 490 g/mol. The van der Waals surface area contributed by atoms with Gasteiger partial charge < -0.3 is 5.32 Å². The molecule has 4 rings (SSSR count). The highest BCUT2D eigenvalue weighted by Gasteiger charge is 2.35. The number of sulfonamides is 1. The van der Waals surface area contributed by atoms with Crippen LogP contribution in [0.4, 0.5) is 9.18 Å². The molecule has 2 N–H and O–H groups in total. The molecule has 2 aromatic carbocycles. The van der Waals surface area contributed by atoms with Gasteiger partial charge >= 0.3 is 0 Å². The van der Waals surface area contributed by atoms with Crippen LogP contribution in [0.2, 0.25) is 0 Å². The summed E-state index contributed by atoms with van der Waals surface area (Å²) in [7, 11) is -3.60. The molecule has 1 aliphatic carbocycles. The largest absolute Gasteiger partial charge is 0.350 e. The van der Waals surface area contributed by atoms with E-state index in [0.717, 1.165) is 17.7 Å². The summed E-state index contributed by atoms with van der Waals surface area (Å²) in [5, 5.41) is 2.10. The summed E-state index contributed by atoms with van der Waals surface area (Å²) in [6.45, 7) is -0.0457. The molecule has 0 spiro atoms. The van der Waals surface area contributed by atoms with Gasteiger partial charge in [-0.05, 0) is 61.0 Å². The quantitative estimate of drug-likeness (QED) is 0.552. The number of nitrogens with zero attached hydrogens (tertiary/aromatic N) is 1. The molecule has 0 radical (unpaired) electrons. The zero-order chi connectivity index (χ0) is 23.6. The third kappa shape index (κ3) is 5.49. The number of nitrogens with one attached hydrogen (secondary N) is 2. The van der Waals surface area contributed by atoms with E-state index in [4.69, 9.17) is 0 Å². The molecule has 1 aliphatic heterocycles. The minimum atomic E-state index is -3.60. The van der Waals surface area contributed by atoms with Gasteiger partial charge in [0.25, 0.3) is 17.1 Å². The van der Waals surface area contributed by atoms with E-state index in [1.807, 2.05) is 0 Å². The van der Waals surface area contributed by atoms with Gasteiger partial charge in [-0.15, -0.1) is 0 Å². The summed E-state index contributed by atoms with van der Waals surface area (Å²) >= 11 is 0.709. The van der Waals surface area contributed by atoms with Crippen LogP contribution in [0, 0.1) is 5.82 Å². The van der Waals surface area contributed by atoms with Gasteiger partial charge in [0, 0.05) is 30.3 Å². The Morgan fingerprint density at radius 3 is 2.48 bits per heavy atom. The minimum absolute atomic E-state index is 0.00708. The van der Waals surface area contributed by atoms with Crippen LogP contribution in [-0.4, -0.2) is 49.5 Å². The molecule has 2 aromatic rings. The van der Waals surface area contributed by atoms with Crippen LogP contribution in [0.1, 0.15) is 28.8 Å². The highest BCUT2D eigenvalue weighted by molar-refractivity contribution is 8.18. The fraction of sp³-hybridized carbons (Fsp3) is 0.227. The van der Waals surface area contributed by atoms with Crippen molar-refractivity contribution in [2.45, 2.75) is 23.8 Å². The van der Waals surface area contributed by atoms with Crippen molar-refractivity contribution in [3.05, 3.63) is 70.4 Å². The molecular weight excluding hydrogens is 469 g/mol. The van der Waals surface area contributed by atoms with Crippen molar-refractivity contribution in [3.8, 4) is 0 Å². The molecule has 0 atom stereocenters. The normalized spacial score (nSPS) is 17.6. The van der Waals surface area contributed by atoms with Gasteiger partial charge in [-0.2, -0.15) is 0 Å². The van der Waals surface area contributed by atoms with E-state index in [1.165, 1.54) is 48.5 Å². The van der Waals surface area contributed by atoms with Gasteiger partial charge in [-0.25, -0.2) is 17.5 Å². The maximum atomic E-state index is 13.8. The zero-order valence-electron chi connectivity index (χ0n) is 17.3. The smallest absolute Gasteiger partial charge is 0.293 e. The Morgan fingerprint density at radius 2 is 1.82 bits per heavy atom. The maximum Gasteiger partial charge on any atom is 0.293 e. The molecule has 172 valence electrons. The average Bonchev–Trinajstić information content (AvgIpc) is 3.55. The van der Waals surface area contributed by atoms with Crippen molar-refractivity contribution in [3.63, 3.8) is 0 Å². The van der Waals surface area contributed by atoms with Gasteiger partial charge in [0.05, 0.1) is 9.80 Å². The lowest BCUT2D eigenvalue weighted by Crippen LogP contribution is -2.37. The summed E-state index contributed by atoms with van der Waals surface area (Å²) in [6, 6.07) is 11.4. The van der Waals surface area contributed by atoms with E-state index in [-0.39, 0.29) is 40.1 Å². The predicted molar refractivity (Wildman–Crippen MR) is 121 cm³/mol. The molecule has 8 nitrogen and oxygen atoms in total. The van der Waals surface area contributed by atoms with Crippen LogP contribution < -0.4 is 10.0 Å². The zero-order valence-corrected chi connectivity index (χ0v) is 18.9. The molecule has 2 fully saturated rings. The maximum absolute atomic E-state index is 13.8. The van der Waals surface area contributed by atoms with E-state index >= 15 is 0 Å². The first-order valence-electron chi connectivity index (χ1n) is 10.1. The summed E-state index contributed by atoms with van der Waals surface area (Å²) in [4.78, 5) is 38.2. The van der Waals surface area contributed by atoms with E-state index in [1.54, 1.807) is 6.07 Å². The number of amides is 3. The number of hydrogen-bond acceptors (Lipinski definition) is 6. The number of thioether (sulfide) groups is 1. The van der Waals surface area contributed by atoms with Crippen molar-refractivity contribution in [1.29, 1.82) is 0 Å². The first kappa shape index (κ1) is 23.1. The van der Waals surface area contributed by atoms with E-state index in [0.29, 0.717) is 11.8 Å². The van der Waals surface area contributed by atoms with Crippen LogP contribution in [-0.2, 0) is 14.8 Å². The standard InChI is InChI=1S/C22H20FN3O5S2/c23-18-4-2-1-3-15(18)13-19-21(28)26(22(29)32-19)12-11-24-20(27)14-5-9-17(10-6-14)33(30,31)25-16-7-8-16/h1-6,9-10,13,16,25H,7-8,11-12H2,(H,24,27)/b19-13-. The number of halogens is 1. The first-order chi connectivity index (χ1) is 15.7. The van der Waals surface area contributed by atoms with Crippen molar-refractivity contribution >= 4 is 44.9 Å². The monoisotopic (exact) mass is 489 g/mol. The van der Waals surface area contributed by atoms with Crippen LogP contribution in [0.25, 0.3) is 6.08 Å². The third-order valence-electron chi connectivity index (χ3n) is 5.01. The number of imide groups is 1. The molecule has 0 unspecified atom stereocenters. The fourth-order valence-electron chi connectivity index (χ4n) is 3.08. The molecule has 11 heteroatoms. The number of hydrogen-bond donors (Lipinski definition) is 2. The SMILES string of the molecule is O=C(NCCN1C(=O)S/C(=C\c2ccccc2F)C1=O)c1ccc(S(=O)(=O)NC2CC2)cc1. The Balaban J connectivity index is 1.32. The summed E-state index contributed by atoms with van der Waals surface area (Å²) < 4.78 is 40.8. The molecule has 0 aromatic heterocycles. The lowest BCUT2D eigenvalue weighted by Gasteiger charge is -2.13. The van der Waals surface area contributed by atoms with Gasteiger partial charge in [0.2, 0.25) is 10.0 Å². The molecule has 2 aliphatic rings. The van der Waals surface area contributed by atoms with E-state index < -0.39 is 32.9 Å². The Hall–Kier alpha value is -3.02. The fourth-order valence-corrected chi connectivity index (χ4v) is 5.24. The first-order valence-corrected chi connectivity index (χ1v) is 12.4. The van der Waals surface area contributed by atoms with Gasteiger partial charge in [0.1, 0.15) is 5.82 Å². The third-order valence-corrected chi connectivity index (χ3v) is 7.46. The van der Waals surface area contributed by atoms with Crippen LogP contribution in [0.3, 0.4) is 0 Å². The number of rotatable bonds is 8. The molecular formula is C22H20FN3O5S2.